The fourth-order valence-electron chi connectivity index (χ4n) is 1.67. The number of rotatable bonds is 10. The van der Waals surface area contributed by atoms with Crippen LogP contribution in [0.5, 0.6) is 0 Å². The number of ether oxygens (including phenoxy) is 4. The zero-order valence-corrected chi connectivity index (χ0v) is 15.0. The van der Waals surface area contributed by atoms with Gasteiger partial charge in [0.1, 0.15) is 0 Å². The van der Waals surface area contributed by atoms with Gasteiger partial charge in [-0.2, -0.15) is 0 Å². The summed E-state index contributed by atoms with van der Waals surface area (Å²) in [5.41, 5.74) is 0. The van der Waals surface area contributed by atoms with Gasteiger partial charge >= 0.3 is 11.9 Å². The minimum absolute atomic E-state index is 0. The molecule has 0 fully saturated rings. The summed E-state index contributed by atoms with van der Waals surface area (Å²) in [4.78, 5) is 1.47. The SMILES string of the molecule is CCOC(OCC)(OCC)C(O)(OCC)N(C)C.[Nb]. The number of hydrogen-bond acceptors (Lipinski definition) is 6. The first-order valence-electron chi connectivity index (χ1n) is 6.39. The fraction of sp³-hybridized carbons (Fsp3) is 1.00. The molecule has 1 N–H and O–H groups in total. The Morgan fingerprint density at radius 3 is 1.32 bits per heavy atom. The second-order valence-electron chi connectivity index (χ2n) is 3.79. The van der Waals surface area contributed by atoms with Crippen LogP contribution in [-0.4, -0.2) is 62.4 Å². The first kappa shape index (κ1) is 21.8. The Balaban J connectivity index is 0. The van der Waals surface area contributed by atoms with E-state index in [1.807, 2.05) is 0 Å². The molecule has 0 saturated carbocycles. The van der Waals surface area contributed by atoms with Crippen LogP contribution in [-0.2, 0) is 41.3 Å². The summed E-state index contributed by atoms with van der Waals surface area (Å²) in [5, 5.41) is 10.7. The summed E-state index contributed by atoms with van der Waals surface area (Å²) >= 11 is 0. The summed E-state index contributed by atoms with van der Waals surface area (Å²) in [5.74, 6) is -3.48. The molecule has 0 aromatic rings. The van der Waals surface area contributed by atoms with Gasteiger partial charge in [-0.1, -0.05) is 0 Å². The largest absolute Gasteiger partial charge is 0.356 e. The van der Waals surface area contributed by atoms with Crippen molar-refractivity contribution >= 4 is 0 Å². The van der Waals surface area contributed by atoms with E-state index in [1.54, 1.807) is 41.8 Å². The van der Waals surface area contributed by atoms with E-state index in [0.717, 1.165) is 0 Å². The second kappa shape index (κ2) is 10.3. The molecule has 0 aliphatic heterocycles. The van der Waals surface area contributed by atoms with E-state index < -0.39 is 11.9 Å². The molecule has 0 aromatic heterocycles. The first-order valence-corrected chi connectivity index (χ1v) is 6.39. The molecular formula is C12H27NNbO5. The molecule has 0 spiro atoms. The molecule has 7 heteroatoms. The van der Waals surface area contributed by atoms with Crippen molar-refractivity contribution in [3.8, 4) is 0 Å². The third-order valence-electron chi connectivity index (χ3n) is 2.35. The first-order chi connectivity index (χ1) is 8.44. The van der Waals surface area contributed by atoms with E-state index in [1.165, 1.54) is 4.90 Å². The smallest absolute Gasteiger partial charge is 0.347 e. The van der Waals surface area contributed by atoms with Crippen LogP contribution in [0.4, 0.5) is 0 Å². The Bertz CT molecular complexity index is 213. The van der Waals surface area contributed by atoms with E-state index in [-0.39, 0.29) is 22.4 Å². The van der Waals surface area contributed by atoms with Crippen molar-refractivity contribution in [3.05, 3.63) is 0 Å². The summed E-state index contributed by atoms with van der Waals surface area (Å²) in [7, 11) is 3.34. The van der Waals surface area contributed by atoms with E-state index in [0.29, 0.717) is 26.4 Å². The predicted molar refractivity (Wildman–Crippen MR) is 67.9 cm³/mol. The molecule has 1 radical (unpaired) electrons. The Hall–Kier alpha value is 0.500. The van der Waals surface area contributed by atoms with Crippen molar-refractivity contribution in [1.82, 2.24) is 4.90 Å². The summed E-state index contributed by atoms with van der Waals surface area (Å²) in [6.45, 7) is 8.45. The van der Waals surface area contributed by atoms with Crippen molar-refractivity contribution in [2.75, 3.05) is 40.5 Å². The molecule has 6 nitrogen and oxygen atoms in total. The van der Waals surface area contributed by atoms with Crippen molar-refractivity contribution in [2.24, 2.45) is 0 Å². The molecule has 0 heterocycles. The Morgan fingerprint density at radius 2 is 1.11 bits per heavy atom. The molecule has 0 aliphatic rings. The molecular weight excluding hydrogens is 331 g/mol. The topological polar surface area (TPSA) is 60.4 Å². The van der Waals surface area contributed by atoms with Crippen molar-refractivity contribution < 1.29 is 46.4 Å². The van der Waals surface area contributed by atoms with Gasteiger partial charge in [-0.25, -0.2) is 0 Å². The molecule has 1 unspecified atom stereocenters. The molecule has 1 atom stereocenters. The summed E-state index contributed by atoms with van der Waals surface area (Å²) < 4.78 is 22.0. The van der Waals surface area contributed by atoms with Crippen LogP contribution in [0.25, 0.3) is 0 Å². The molecule has 0 saturated heterocycles. The van der Waals surface area contributed by atoms with Gasteiger partial charge in [-0.05, 0) is 41.8 Å². The van der Waals surface area contributed by atoms with Crippen LogP contribution >= 0.6 is 0 Å². The van der Waals surface area contributed by atoms with Gasteiger partial charge in [0, 0.05) is 48.8 Å². The van der Waals surface area contributed by atoms with Gasteiger partial charge in [-0.15, -0.1) is 0 Å². The molecule has 0 rings (SSSR count). The molecule has 115 valence electrons. The van der Waals surface area contributed by atoms with Crippen LogP contribution in [0.1, 0.15) is 27.7 Å². The van der Waals surface area contributed by atoms with Crippen LogP contribution in [0.2, 0.25) is 0 Å². The molecule has 19 heavy (non-hydrogen) atoms. The number of likely N-dealkylation sites (N-methyl/N-ethyl adjacent to an activating group) is 1. The normalized spacial score (nSPS) is 15.2. The van der Waals surface area contributed by atoms with Crippen molar-refractivity contribution in [1.29, 1.82) is 0 Å². The quantitative estimate of drug-likeness (QED) is 0.464. The minimum atomic E-state index is -1.82. The van der Waals surface area contributed by atoms with E-state index in [9.17, 15) is 5.11 Å². The maximum absolute atomic E-state index is 10.7. The van der Waals surface area contributed by atoms with E-state index in [2.05, 4.69) is 0 Å². The van der Waals surface area contributed by atoms with Gasteiger partial charge in [-0.3, -0.25) is 4.90 Å². The van der Waals surface area contributed by atoms with Gasteiger partial charge in [0.25, 0.3) is 0 Å². The van der Waals surface area contributed by atoms with Crippen molar-refractivity contribution in [2.45, 2.75) is 39.6 Å². The minimum Gasteiger partial charge on any atom is -0.347 e. The fourth-order valence-corrected chi connectivity index (χ4v) is 1.67. The third kappa shape index (κ3) is 5.08. The Labute approximate surface area is 131 Å². The van der Waals surface area contributed by atoms with Gasteiger partial charge < -0.3 is 24.1 Å². The van der Waals surface area contributed by atoms with Gasteiger partial charge in [0.15, 0.2) is 0 Å². The van der Waals surface area contributed by atoms with E-state index >= 15 is 0 Å². The molecule has 0 aliphatic carbocycles. The summed E-state index contributed by atoms with van der Waals surface area (Å²) in [6, 6.07) is 0. The molecule has 0 aromatic carbocycles. The van der Waals surface area contributed by atoms with Crippen LogP contribution in [0.15, 0.2) is 0 Å². The van der Waals surface area contributed by atoms with Crippen LogP contribution < -0.4 is 0 Å². The summed E-state index contributed by atoms with van der Waals surface area (Å²) in [6.07, 6.45) is 0. The number of aliphatic hydroxyl groups is 1. The molecule has 0 amide bonds. The maximum atomic E-state index is 10.7. The zero-order chi connectivity index (χ0) is 14.2. The Morgan fingerprint density at radius 1 is 0.789 bits per heavy atom. The number of nitrogens with zero attached hydrogens (tertiary/aromatic N) is 1. The van der Waals surface area contributed by atoms with Gasteiger partial charge in [0.2, 0.25) is 0 Å². The van der Waals surface area contributed by atoms with Crippen LogP contribution in [0.3, 0.4) is 0 Å². The van der Waals surface area contributed by atoms with Crippen LogP contribution in [0, 0.1) is 0 Å². The zero-order valence-electron chi connectivity index (χ0n) is 12.8. The van der Waals surface area contributed by atoms with Crippen molar-refractivity contribution in [3.63, 3.8) is 0 Å². The average Bonchev–Trinajstić information content (AvgIpc) is 2.29. The Kier molecular flexibility index (Phi) is 11.8. The van der Waals surface area contributed by atoms with E-state index in [4.69, 9.17) is 18.9 Å². The molecule has 0 bridgehead atoms. The maximum Gasteiger partial charge on any atom is 0.356 e. The standard InChI is InChI=1S/C12H27NO5.Nb/c1-7-15-11(14,13(5)6)12(16-8-2,17-9-3)18-10-4;/h14H,7-10H2,1-6H3;. The van der Waals surface area contributed by atoms with Gasteiger partial charge in [0.05, 0.1) is 0 Å². The monoisotopic (exact) mass is 358 g/mol. The second-order valence-corrected chi connectivity index (χ2v) is 3.79. The third-order valence-corrected chi connectivity index (χ3v) is 2.35. The average molecular weight is 358 g/mol. The predicted octanol–water partition coefficient (Wildman–Crippen LogP) is 0.991. The number of hydrogen-bond donors (Lipinski definition) is 1.